The first-order valence-corrected chi connectivity index (χ1v) is 9.47. The third kappa shape index (κ3) is 4.43. The molecule has 2 N–H and O–H groups in total. The number of anilines is 1. The molecule has 2 aromatic rings. The number of methoxy groups -OCH3 is 1. The molecule has 9 heteroatoms. The minimum absolute atomic E-state index is 0.0440. The molecule has 0 spiro atoms. The van der Waals surface area contributed by atoms with E-state index in [0.717, 1.165) is 0 Å². The van der Waals surface area contributed by atoms with Crippen molar-refractivity contribution in [2.75, 3.05) is 19.0 Å². The topological polar surface area (TPSA) is 84.5 Å². The Labute approximate surface area is 156 Å². The van der Waals surface area contributed by atoms with Crippen LogP contribution in [0.4, 0.5) is 5.69 Å². The van der Waals surface area contributed by atoms with Gasteiger partial charge in [0.2, 0.25) is 10.0 Å². The smallest absolute Gasteiger partial charge is 0.259 e. The molecule has 0 aliphatic carbocycles. The number of rotatable bonds is 6. The number of halogens is 2. The summed E-state index contributed by atoms with van der Waals surface area (Å²) in [6, 6.07) is 8.82. The molecule has 0 bridgehead atoms. The molecule has 0 aromatic heterocycles. The summed E-state index contributed by atoms with van der Waals surface area (Å²) in [5.74, 6) is -0.347. The summed E-state index contributed by atoms with van der Waals surface area (Å²) in [7, 11) is -2.33. The lowest BCUT2D eigenvalue weighted by Gasteiger charge is -2.13. The van der Waals surface area contributed by atoms with E-state index in [4.69, 9.17) is 27.9 Å². The third-order valence-corrected chi connectivity index (χ3v) is 5.62. The number of nitrogens with one attached hydrogen (secondary N) is 2. The average molecular weight is 403 g/mol. The van der Waals surface area contributed by atoms with E-state index in [1.807, 2.05) is 0 Å². The maximum atomic E-state index is 12.6. The number of carbonyl (C=O) groups excluding carboxylic acids is 1. The predicted octanol–water partition coefficient (Wildman–Crippen LogP) is 3.55. The molecule has 0 aliphatic rings. The van der Waals surface area contributed by atoms with E-state index in [9.17, 15) is 13.2 Å². The minimum Gasteiger partial charge on any atom is -0.496 e. The molecule has 0 atom stereocenters. The molecule has 0 saturated heterocycles. The summed E-state index contributed by atoms with van der Waals surface area (Å²) >= 11 is 12.0. The van der Waals surface area contributed by atoms with Gasteiger partial charge in [-0.15, -0.1) is 0 Å². The first kappa shape index (κ1) is 19.5. The summed E-state index contributed by atoms with van der Waals surface area (Å²) in [5.41, 5.74) is 0.360. The van der Waals surface area contributed by atoms with Crippen molar-refractivity contribution in [3.05, 3.63) is 52.0 Å². The van der Waals surface area contributed by atoms with E-state index < -0.39 is 15.9 Å². The Morgan fingerprint density at radius 3 is 2.56 bits per heavy atom. The zero-order chi connectivity index (χ0) is 18.6. The van der Waals surface area contributed by atoms with Gasteiger partial charge in [-0.2, -0.15) is 0 Å². The molecule has 0 fully saturated rings. The van der Waals surface area contributed by atoms with Crippen molar-refractivity contribution in [1.82, 2.24) is 4.72 Å². The van der Waals surface area contributed by atoms with Crippen LogP contribution in [0.1, 0.15) is 17.3 Å². The van der Waals surface area contributed by atoms with Crippen molar-refractivity contribution in [3.63, 3.8) is 0 Å². The largest absolute Gasteiger partial charge is 0.496 e. The molecule has 0 radical (unpaired) electrons. The van der Waals surface area contributed by atoms with E-state index in [0.29, 0.717) is 5.69 Å². The van der Waals surface area contributed by atoms with Crippen LogP contribution in [0, 0.1) is 0 Å². The Hall–Kier alpha value is -1.80. The highest BCUT2D eigenvalue weighted by atomic mass is 35.5. The number of benzene rings is 2. The van der Waals surface area contributed by atoms with Crippen LogP contribution in [0.3, 0.4) is 0 Å². The summed E-state index contributed by atoms with van der Waals surface area (Å²) in [6.45, 7) is 1.89. The molecule has 0 aliphatic heterocycles. The van der Waals surface area contributed by atoms with E-state index >= 15 is 0 Å². The monoisotopic (exact) mass is 402 g/mol. The van der Waals surface area contributed by atoms with Gasteiger partial charge in [0.25, 0.3) is 5.91 Å². The molecule has 0 unspecified atom stereocenters. The summed E-state index contributed by atoms with van der Waals surface area (Å²) < 4.78 is 31.8. The fourth-order valence-corrected chi connectivity index (χ4v) is 3.51. The number of amides is 1. The van der Waals surface area contributed by atoms with Gasteiger partial charge in [0.15, 0.2) is 0 Å². The molecular formula is C16H16Cl2N2O4S. The van der Waals surface area contributed by atoms with Crippen LogP contribution in [0.5, 0.6) is 5.75 Å². The average Bonchev–Trinajstić information content (AvgIpc) is 2.58. The summed E-state index contributed by atoms with van der Waals surface area (Å²) in [4.78, 5) is 12.5. The van der Waals surface area contributed by atoms with Gasteiger partial charge in [0, 0.05) is 6.54 Å². The number of hydrogen-bond donors (Lipinski definition) is 2. The lowest BCUT2D eigenvalue weighted by molar-refractivity contribution is 0.102. The molecule has 2 rings (SSSR count). The first-order chi connectivity index (χ1) is 11.8. The van der Waals surface area contributed by atoms with Gasteiger partial charge in [-0.25, -0.2) is 13.1 Å². The van der Waals surface area contributed by atoms with Crippen molar-refractivity contribution < 1.29 is 17.9 Å². The summed E-state index contributed by atoms with van der Waals surface area (Å²) in [6.07, 6.45) is 0. The van der Waals surface area contributed by atoms with Gasteiger partial charge < -0.3 is 10.1 Å². The fourth-order valence-electron chi connectivity index (χ4n) is 2.10. The van der Waals surface area contributed by atoms with Crippen LogP contribution in [-0.4, -0.2) is 28.0 Å². The van der Waals surface area contributed by atoms with Gasteiger partial charge in [-0.1, -0.05) is 36.2 Å². The zero-order valence-corrected chi connectivity index (χ0v) is 15.8. The zero-order valence-electron chi connectivity index (χ0n) is 13.5. The van der Waals surface area contributed by atoms with Crippen molar-refractivity contribution in [2.24, 2.45) is 0 Å². The number of sulfonamides is 1. The van der Waals surface area contributed by atoms with Crippen molar-refractivity contribution >= 4 is 44.8 Å². The number of hydrogen-bond acceptors (Lipinski definition) is 4. The first-order valence-electron chi connectivity index (χ1n) is 7.23. The van der Waals surface area contributed by atoms with Crippen LogP contribution < -0.4 is 14.8 Å². The molecule has 0 saturated carbocycles. The second-order valence-electron chi connectivity index (χ2n) is 4.92. The summed E-state index contributed by atoms with van der Waals surface area (Å²) in [5, 5.41) is 3.08. The van der Waals surface area contributed by atoms with Crippen LogP contribution in [0.2, 0.25) is 10.0 Å². The van der Waals surface area contributed by atoms with Gasteiger partial charge in [0.05, 0.1) is 33.3 Å². The van der Waals surface area contributed by atoms with Crippen molar-refractivity contribution in [3.8, 4) is 5.75 Å². The second kappa shape index (κ2) is 8.05. The number of ether oxygens (including phenoxy) is 1. The Morgan fingerprint density at radius 2 is 1.92 bits per heavy atom. The molecule has 6 nitrogen and oxygen atoms in total. The van der Waals surface area contributed by atoms with Crippen LogP contribution in [0.15, 0.2) is 41.3 Å². The Bertz CT molecular complexity index is 901. The Balaban J connectivity index is 2.42. The Kier molecular flexibility index (Phi) is 6.29. The molecule has 0 heterocycles. The Morgan fingerprint density at radius 1 is 1.20 bits per heavy atom. The number of carbonyl (C=O) groups is 1. The molecule has 2 aromatic carbocycles. The van der Waals surface area contributed by atoms with E-state index in [2.05, 4.69) is 10.0 Å². The van der Waals surface area contributed by atoms with E-state index in [1.54, 1.807) is 25.1 Å². The van der Waals surface area contributed by atoms with Crippen LogP contribution in [-0.2, 0) is 10.0 Å². The normalized spacial score (nSPS) is 11.2. The third-order valence-electron chi connectivity index (χ3n) is 3.26. The van der Waals surface area contributed by atoms with Crippen LogP contribution >= 0.6 is 23.2 Å². The lowest BCUT2D eigenvalue weighted by atomic mass is 10.2. The fraction of sp³-hybridized carbons (Fsp3) is 0.188. The quantitative estimate of drug-likeness (QED) is 0.773. The maximum absolute atomic E-state index is 12.6. The predicted molar refractivity (Wildman–Crippen MR) is 98.3 cm³/mol. The maximum Gasteiger partial charge on any atom is 0.259 e. The van der Waals surface area contributed by atoms with Gasteiger partial charge in [0.1, 0.15) is 5.75 Å². The van der Waals surface area contributed by atoms with E-state index in [-0.39, 0.29) is 32.8 Å². The second-order valence-corrected chi connectivity index (χ2v) is 7.47. The highest BCUT2D eigenvalue weighted by Gasteiger charge is 2.20. The van der Waals surface area contributed by atoms with Crippen molar-refractivity contribution in [2.45, 2.75) is 11.8 Å². The van der Waals surface area contributed by atoms with Gasteiger partial charge in [-0.3, -0.25) is 4.79 Å². The van der Waals surface area contributed by atoms with E-state index in [1.165, 1.54) is 25.3 Å². The molecule has 1 amide bonds. The van der Waals surface area contributed by atoms with Crippen LogP contribution in [0.25, 0.3) is 0 Å². The molecular weight excluding hydrogens is 387 g/mol. The standard InChI is InChI=1S/C16H16Cl2N2O4S/c1-3-19-25(22,23)10-7-8-14(24-2)11(9-10)16(21)20-13-6-4-5-12(17)15(13)18/h4-9,19H,3H2,1-2H3,(H,20,21). The highest BCUT2D eigenvalue weighted by molar-refractivity contribution is 7.89. The van der Waals surface area contributed by atoms with Crippen molar-refractivity contribution in [1.29, 1.82) is 0 Å². The van der Waals surface area contributed by atoms with Gasteiger partial charge in [-0.05, 0) is 30.3 Å². The lowest BCUT2D eigenvalue weighted by Crippen LogP contribution is -2.24. The highest BCUT2D eigenvalue weighted by Crippen LogP contribution is 2.31. The van der Waals surface area contributed by atoms with Gasteiger partial charge >= 0.3 is 0 Å². The molecule has 25 heavy (non-hydrogen) atoms. The minimum atomic E-state index is -3.71. The molecule has 134 valence electrons. The SMILES string of the molecule is CCNS(=O)(=O)c1ccc(OC)c(C(=O)Nc2cccc(Cl)c2Cl)c1.